The molecule has 2 aromatic rings. The van der Waals surface area contributed by atoms with Gasteiger partial charge < -0.3 is 9.64 Å². The molecule has 3 rings (SSSR count). The summed E-state index contributed by atoms with van der Waals surface area (Å²) in [4.78, 5) is 27.5. The van der Waals surface area contributed by atoms with Gasteiger partial charge in [0, 0.05) is 18.3 Å². The van der Waals surface area contributed by atoms with Crippen LogP contribution < -0.4 is 4.90 Å². The average Bonchev–Trinajstić information content (AvgIpc) is 2.83. The summed E-state index contributed by atoms with van der Waals surface area (Å²) in [5.41, 5.74) is 0.510. The van der Waals surface area contributed by atoms with Crippen LogP contribution in [0.15, 0.2) is 67.3 Å². The van der Waals surface area contributed by atoms with Crippen LogP contribution in [-0.2, 0) is 19.7 Å². The van der Waals surface area contributed by atoms with E-state index < -0.39 is 11.4 Å². The van der Waals surface area contributed by atoms with E-state index >= 15 is 0 Å². The van der Waals surface area contributed by atoms with Crippen LogP contribution >= 0.6 is 0 Å². The van der Waals surface area contributed by atoms with Crippen molar-refractivity contribution in [3.05, 3.63) is 78.4 Å². The van der Waals surface area contributed by atoms with E-state index in [0.717, 1.165) is 5.69 Å². The number of para-hydroxylation sites is 1. The molecule has 0 spiro atoms. The van der Waals surface area contributed by atoms with Gasteiger partial charge in [-0.1, -0.05) is 61.2 Å². The molecule has 0 saturated carbocycles. The molecule has 0 aromatic heterocycles. The Labute approximate surface area is 135 Å². The Morgan fingerprint density at radius 2 is 1.83 bits per heavy atom. The minimum Gasteiger partial charge on any atom is -0.460 e. The first-order chi connectivity index (χ1) is 11.1. The summed E-state index contributed by atoms with van der Waals surface area (Å²) in [6, 6.07) is 16.3. The van der Waals surface area contributed by atoms with Crippen LogP contribution in [0.2, 0.25) is 0 Å². The molecule has 0 radical (unpaired) electrons. The molecule has 0 aliphatic carbocycles. The predicted molar refractivity (Wildman–Crippen MR) is 88.2 cm³/mol. The van der Waals surface area contributed by atoms with Gasteiger partial charge in [-0.05, 0) is 11.6 Å². The third-order valence-electron chi connectivity index (χ3n) is 4.14. The number of esters is 1. The molecule has 4 heteroatoms. The maximum Gasteiger partial charge on any atom is 0.331 e. The van der Waals surface area contributed by atoms with Crippen LogP contribution in [0.3, 0.4) is 0 Å². The van der Waals surface area contributed by atoms with Crippen LogP contribution in [0.4, 0.5) is 5.69 Å². The first-order valence-electron chi connectivity index (χ1n) is 7.35. The largest absolute Gasteiger partial charge is 0.460 e. The normalized spacial score (nSPS) is 19.3. The summed E-state index contributed by atoms with van der Waals surface area (Å²) in [5, 5.41) is 0. The number of hydrogen-bond donors (Lipinski definition) is 0. The van der Waals surface area contributed by atoms with Crippen LogP contribution in [0, 0.1) is 0 Å². The number of rotatable bonds is 4. The molecule has 0 fully saturated rings. The Morgan fingerprint density at radius 3 is 2.52 bits per heavy atom. The van der Waals surface area contributed by atoms with Crippen molar-refractivity contribution < 1.29 is 14.3 Å². The number of ether oxygens (including phenoxy) is 1. The highest BCUT2D eigenvalue weighted by atomic mass is 16.5. The van der Waals surface area contributed by atoms with Crippen molar-refractivity contribution >= 4 is 17.6 Å². The maximum absolute atomic E-state index is 13.1. The Morgan fingerprint density at radius 1 is 1.17 bits per heavy atom. The van der Waals surface area contributed by atoms with E-state index in [0.29, 0.717) is 11.1 Å². The third-order valence-corrected chi connectivity index (χ3v) is 4.14. The monoisotopic (exact) mass is 307 g/mol. The Hall–Kier alpha value is -2.88. The van der Waals surface area contributed by atoms with Gasteiger partial charge in [0.2, 0.25) is 0 Å². The minimum atomic E-state index is -1.46. The fourth-order valence-electron chi connectivity index (χ4n) is 3.08. The second-order valence-electron chi connectivity index (χ2n) is 5.38. The molecule has 0 saturated heterocycles. The van der Waals surface area contributed by atoms with Gasteiger partial charge in [0.1, 0.15) is 6.61 Å². The highest BCUT2D eigenvalue weighted by molar-refractivity contribution is 6.22. The van der Waals surface area contributed by atoms with Crippen molar-refractivity contribution in [3.63, 3.8) is 0 Å². The number of carbonyl (C=O) groups excluding carboxylic acids is 2. The van der Waals surface area contributed by atoms with Gasteiger partial charge in [0.05, 0.1) is 0 Å². The van der Waals surface area contributed by atoms with E-state index in [-0.39, 0.29) is 12.5 Å². The molecule has 1 atom stereocenters. The molecule has 1 amide bonds. The lowest BCUT2D eigenvalue weighted by Crippen LogP contribution is -2.47. The minimum absolute atomic E-state index is 0.0621. The van der Waals surface area contributed by atoms with Crippen molar-refractivity contribution in [2.45, 2.75) is 5.41 Å². The lowest BCUT2D eigenvalue weighted by molar-refractivity contribution is -0.150. The molecule has 0 N–H and O–H groups in total. The highest BCUT2D eigenvalue weighted by Crippen LogP contribution is 2.46. The molecular weight excluding hydrogens is 290 g/mol. The van der Waals surface area contributed by atoms with Gasteiger partial charge in [-0.15, -0.1) is 0 Å². The zero-order valence-corrected chi connectivity index (χ0v) is 12.9. The molecule has 23 heavy (non-hydrogen) atoms. The zero-order chi connectivity index (χ0) is 16.4. The van der Waals surface area contributed by atoms with Gasteiger partial charge in [0.25, 0.3) is 5.91 Å². The second kappa shape index (κ2) is 5.72. The summed E-state index contributed by atoms with van der Waals surface area (Å²) in [6.45, 7) is 3.62. The number of benzene rings is 2. The molecule has 2 aromatic carbocycles. The molecule has 1 unspecified atom stereocenters. The average molecular weight is 307 g/mol. The Kier molecular flexibility index (Phi) is 3.74. The molecule has 1 heterocycles. The Bertz CT molecular complexity index is 769. The summed E-state index contributed by atoms with van der Waals surface area (Å²) < 4.78 is 5.30. The number of amides is 1. The SMILES string of the molecule is C=CCOC(=O)C1(c2ccccc2)C(=O)N(C)c2ccccc21. The van der Waals surface area contributed by atoms with Gasteiger partial charge in [-0.2, -0.15) is 0 Å². The van der Waals surface area contributed by atoms with Gasteiger partial charge in [-0.25, -0.2) is 0 Å². The first kappa shape index (κ1) is 15.0. The molecule has 4 nitrogen and oxygen atoms in total. The van der Waals surface area contributed by atoms with E-state index in [2.05, 4.69) is 6.58 Å². The maximum atomic E-state index is 13.1. The van der Waals surface area contributed by atoms with E-state index in [4.69, 9.17) is 4.74 Å². The predicted octanol–water partition coefficient (Wildman–Crippen LogP) is 2.68. The quantitative estimate of drug-likeness (QED) is 0.496. The van der Waals surface area contributed by atoms with Crippen molar-refractivity contribution in [1.29, 1.82) is 0 Å². The molecular formula is C19H17NO3. The molecule has 116 valence electrons. The lowest BCUT2D eigenvalue weighted by Gasteiger charge is -2.26. The van der Waals surface area contributed by atoms with E-state index in [1.54, 1.807) is 25.2 Å². The van der Waals surface area contributed by atoms with Gasteiger partial charge in [-0.3, -0.25) is 9.59 Å². The van der Waals surface area contributed by atoms with Crippen molar-refractivity contribution in [2.24, 2.45) is 0 Å². The number of hydrogen-bond acceptors (Lipinski definition) is 3. The van der Waals surface area contributed by atoms with Crippen molar-refractivity contribution in [3.8, 4) is 0 Å². The zero-order valence-electron chi connectivity index (χ0n) is 12.9. The topological polar surface area (TPSA) is 46.6 Å². The number of fused-ring (bicyclic) bond motifs is 1. The van der Waals surface area contributed by atoms with Crippen LogP contribution in [0.5, 0.6) is 0 Å². The lowest BCUT2D eigenvalue weighted by atomic mass is 9.75. The van der Waals surface area contributed by atoms with Gasteiger partial charge >= 0.3 is 5.97 Å². The summed E-state index contributed by atoms with van der Waals surface area (Å²) >= 11 is 0. The van der Waals surface area contributed by atoms with Crippen molar-refractivity contribution in [2.75, 3.05) is 18.6 Å². The highest BCUT2D eigenvalue weighted by Gasteiger charge is 2.57. The fraction of sp³-hybridized carbons (Fsp3) is 0.158. The number of carbonyl (C=O) groups is 2. The van der Waals surface area contributed by atoms with Crippen LogP contribution in [-0.4, -0.2) is 25.5 Å². The van der Waals surface area contributed by atoms with Crippen LogP contribution in [0.25, 0.3) is 0 Å². The molecule has 1 aliphatic rings. The Balaban J connectivity index is 2.27. The fourth-order valence-corrected chi connectivity index (χ4v) is 3.08. The van der Waals surface area contributed by atoms with E-state index in [9.17, 15) is 9.59 Å². The summed E-state index contributed by atoms with van der Waals surface area (Å²) in [7, 11) is 1.67. The molecule has 1 aliphatic heterocycles. The van der Waals surface area contributed by atoms with Crippen LogP contribution in [0.1, 0.15) is 11.1 Å². The summed E-state index contributed by atoms with van der Waals surface area (Å²) in [5.74, 6) is -0.885. The number of likely N-dealkylation sites (N-methyl/N-ethyl adjacent to an activating group) is 1. The summed E-state index contributed by atoms with van der Waals surface area (Å²) in [6.07, 6.45) is 1.49. The third kappa shape index (κ3) is 2.06. The van der Waals surface area contributed by atoms with Crippen molar-refractivity contribution in [1.82, 2.24) is 0 Å². The second-order valence-corrected chi connectivity index (χ2v) is 5.38. The van der Waals surface area contributed by atoms with E-state index in [1.807, 2.05) is 36.4 Å². The smallest absolute Gasteiger partial charge is 0.331 e. The number of anilines is 1. The molecule has 0 bridgehead atoms. The first-order valence-corrected chi connectivity index (χ1v) is 7.35. The standard InChI is InChI=1S/C19H17NO3/c1-3-13-23-18(22)19(14-9-5-4-6-10-14)15-11-7-8-12-16(15)20(2)17(19)21/h3-12H,1,13H2,2H3. The van der Waals surface area contributed by atoms with Gasteiger partial charge in [0.15, 0.2) is 5.41 Å². The van der Waals surface area contributed by atoms with E-state index in [1.165, 1.54) is 11.0 Å². The number of nitrogens with zero attached hydrogens (tertiary/aromatic N) is 1.